The van der Waals surface area contributed by atoms with Crippen LogP contribution in [0.5, 0.6) is 0 Å². The lowest BCUT2D eigenvalue weighted by atomic mass is 10.4. The van der Waals surface area contributed by atoms with Crippen molar-refractivity contribution in [3.05, 3.63) is 39.9 Å². The molecular weight excluding hydrogens is 218 g/mol. The Labute approximate surface area is 90.8 Å². The molecule has 1 N–H and O–H groups in total. The van der Waals surface area contributed by atoms with E-state index in [-0.39, 0.29) is 0 Å². The number of nitrogens with one attached hydrogen (secondary N) is 1. The van der Waals surface area contributed by atoms with Crippen LogP contribution in [0, 0.1) is 0 Å². The van der Waals surface area contributed by atoms with Crippen LogP contribution < -0.4 is 5.32 Å². The quantitative estimate of drug-likeness (QED) is 0.873. The molecule has 72 valence electrons. The molecule has 5 heteroatoms. The highest BCUT2D eigenvalue weighted by atomic mass is 35.5. The molecule has 14 heavy (non-hydrogen) atoms. The lowest BCUT2D eigenvalue weighted by molar-refractivity contribution is 1.13. The summed E-state index contributed by atoms with van der Waals surface area (Å²) in [6, 6.07) is 3.66. The summed E-state index contributed by atoms with van der Waals surface area (Å²) >= 11 is 7.33. The largest absolute Gasteiger partial charge is 0.365 e. The minimum Gasteiger partial charge on any atom is -0.365 e. The zero-order chi connectivity index (χ0) is 9.80. The predicted octanol–water partition coefficient (Wildman–Crippen LogP) is 2.80. The van der Waals surface area contributed by atoms with E-state index in [9.17, 15) is 0 Å². The van der Waals surface area contributed by atoms with Gasteiger partial charge in [-0.1, -0.05) is 11.6 Å². The Balaban J connectivity index is 1.95. The van der Waals surface area contributed by atoms with Gasteiger partial charge in [0.2, 0.25) is 0 Å². The first kappa shape index (κ1) is 9.43. The van der Waals surface area contributed by atoms with Gasteiger partial charge in [0, 0.05) is 17.3 Å². The standard InChI is InChI=1S/C9H8ClN3S/c10-7-1-2-9(12-3-7)13-5-8-4-11-6-14-8/h1-4,6H,5H2,(H,12,13). The fraction of sp³-hybridized carbons (Fsp3) is 0.111. The van der Waals surface area contributed by atoms with E-state index in [0.717, 1.165) is 12.4 Å². The average Bonchev–Trinajstić information content (AvgIpc) is 2.70. The monoisotopic (exact) mass is 225 g/mol. The highest BCUT2D eigenvalue weighted by Crippen LogP contribution is 2.12. The van der Waals surface area contributed by atoms with Gasteiger partial charge < -0.3 is 5.32 Å². The van der Waals surface area contributed by atoms with E-state index in [0.29, 0.717) is 5.02 Å². The van der Waals surface area contributed by atoms with E-state index in [2.05, 4.69) is 15.3 Å². The summed E-state index contributed by atoms with van der Waals surface area (Å²) in [5, 5.41) is 3.82. The van der Waals surface area contributed by atoms with Gasteiger partial charge in [0.25, 0.3) is 0 Å². The van der Waals surface area contributed by atoms with Crippen molar-refractivity contribution >= 4 is 28.8 Å². The number of anilines is 1. The van der Waals surface area contributed by atoms with E-state index < -0.39 is 0 Å². The molecule has 0 amide bonds. The summed E-state index contributed by atoms with van der Waals surface area (Å²) in [6.07, 6.45) is 3.46. The number of aromatic nitrogens is 2. The minimum atomic E-state index is 0.647. The third-order valence-electron chi connectivity index (χ3n) is 1.65. The van der Waals surface area contributed by atoms with Crippen molar-refractivity contribution in [2.24, 2.45) is 0 Å². The molecule has 0 bridgehead atoms. The molecule has 0 aliphatic heterocycles. The van der Waals surface area contributed by atoms with Crippen LogP contribution in [0.4, 0.5) is 5.82 Å². The normalized spacial score (nSPS) is 10.1. The summed E-state index contributed by atoms with van der Waals surface area (Å²) in [6.45, 7) is 0.749. The van der Waals surface area contributed by atoms with Crippen molar-refractivity contribution in [3.8, 4) is 0 Å². The molecule has 2 heterocycles. The second-order valence-corrected chi connectivity index (χ2v) is 4.09. The first-order chi connectivity index (χ1) is 6.84. The molecule has 2 rings (SSSR count). The van der Waals surface area contributed by atoms with Crippen LogP contribution in [0.3, 0.4) is 0 Å². The number of hydrogen-bond donors (Lipinski definition) is 1. The smallest absolute Gasteiger partial charge is 0.126 e. The van der Waals surface area contributed by atoms with Gasteiger partial charge in [-0.05, 0) is 12.1 Å². The fourth-order valence-corrected chi connectivity index (χ4v) is 1.63. The Bertz CT molecular complexity index is 385. The molecule has 2 aromatic rings. The minimum absolute atomic E-state index is 0.647. The van der Waals surface area contributed by atoms with Crippen molar-refractivity contribution in [3.63, 3.8) is 0 Å². The van der Waals surface area contributed by atoms with Gasteiger partial charge in [-0.25, -0.2) is 4.98 Å². The molecule has 0 fully saturated rings. The Morgan fingerprint density at radius 2 is 2.29 bits per heavy atom. The van der Waals surface area contributed by atoms with E-state index in [4.69, 9.17) is 11.6 Å². The van der Waals surface area contributed by atoms with Gasteiger partial charge in [0.15, 0.2) is 0 Å². The predicted molar refractivity (Wildman–Crippen MR) is 58.7 cm³/mol. The van der Waals surface area contributed by atoms with Crippen LogP contribution in [-0.2, 0) is 6.54 Å². The van der Waals surface area contributed by atoms with Crippen LogP contribution in [0.2, 0.25) is 5.02 Å². The molecule has 0 aromatic carbocycles. The molecular formula is C9H8ClN3S. The van der Waals surface area contributed by atoms with Crippen molar-refractivity contribution in [1.29, 1.82) is 0 Å². The average molecular weight is 226 g/mol. The summed E-state index contributed by atoms with van der Waals surface area (Å²) in [5.74, 6) is 0.822. The third kappa shape index (κ3) is 2.43. The third-order valence-corrected chi connectivity index (χ3v) is 2.66. The summed E-state index contributed by atoms with van der Waals surface area (Å²) < 4.78 is 0. The zero-order valence-corrected chi connectivity index (χ0v) is 8.85. The molecule has 0 unspecified atom stereocenters. The van der Waals surface area contributed by atoms with Crippen LogP contribution in [-0.4, -0.2) is 9.97 Å². The highest BCUT2D eigenvalue weighted by Gasteiger charge is 1.96. The van der Waals surface area contributed by atoms with Crippen LogP contribution in [0.15, 0.2) is 30.0 Å². The topological polar surface area (TPSA) is 37.8 Å². The van der Waals surface area contributed by atoms with Crippen molar-refractivity contribution in [2.75, 3.05) is 5.32 Å². The van der Waals surface area contributed by atoms with E-state index >= 15 is 0 Å². The first-order valence-electron chi connectivity index (χ1n) is 4.07. The number of halogens is 1. The lowest BCUT2D eigenvalue weighted by Gasteiger charge is -2.02. The van der Waals surface area contributed by atoms with Gasteiger partial charge in [-0.2, -0.15) is 0 Å². The zero-order valence-electron chi connectivity index (χ0n) is 7.27. The molecule has 3 nitrogen and oxygen atoms in total. The maximum Gasteiger partial charge on any atom is 0.126 e. The van der Waals surface area contributed by atoms with E-state index in [1.54, 1.807) is 17.5 Å². The number of nitrogens with zero attached hydrogens (tertiary/aromatic N) is 2. The number of rotatable bonds is 3. The SMILES string of the molecule is Clc1ccc(NCc2cncs2)nc1. The molecule has 0 aliphatic rings. The Morgan fingerprint density at radius 3 is 2.93 bits per heavy atom. The second-order valence-electron chi connectivity index (χ2n) is 2.68. The molecule has 0 radical (unpaired) electrons. The van der Waals surface area contributed by atoms with Gasteiger partial charge in [-0.15, -0.1) is 11.3 Å². The Hall–Kier alpha value is -1.13. The summed E-state index contributed by atoms with van der Waals surface area (Å²) in [4.78, 5) is 9.29. The van der Waals surface area contributed by atoms with E-state index in [1.165, 1.54) is 4.88 Å². The molecule has 0 atom stereocenters. The van der Waals surface area contributed by atoms with Crippen molar-refractivity contribution < 1.29 is 0 Å². The highest BCUT2D eigenvalue weighted by molar-refractivity contribution is 7.09. The van der Waals surface area contributed by atoms with Crippen molar-refractivity contribution in [2.45, 2.75) is 6.54 Å². The van der Waals surface area contributed by atoms with Crippen LogP contribution in [0.25, 0.3) is 0 Å². The molecule has 0 spiro atoms. The fourth-order valence-electron chi connectivity index (χ4n) is 0.987. The first-order valence-corrected chi connectivity index (χ1v) is 5.33. The van der Waals surface area contributed by atoms with Crippen molar-refractivity contribution in [1.82, 2.24) is 9.97 Å². The number of pyridine rings is 1. The lowest BCUT2D eigenvalue weighted by Crippen LogP contribution is -1.98. The van der Waals surface area contributed by atoms with Gasteiger partial charge in [-0.3, -0.25) is 4.98 Å². The maximum absolute atomic E-state index is 5.71. The number of hydrogen-bond acceptors (Lipinski definition) is 4. The number of thiazole rings is 1. The van der Waals surface area contributed by atoms with Crippen LogP contribution >= 0.6 is 22.9 Å². The Morgan fingerprint density at radius 1 is 1.36 bits per heavy atom. The van der Waals surface area contributed by atoms with Gasteiger partial charge in [0.1, 0.15) is 5.82 Å². The van der Waals surface area contributed by atoms with Crippen LogP contribution in [0.1, 0.15) is 4.88 Å². The van der Waals surface area contributed by atoms with Gasteiger partial charge >= 0.3 is 0 Å². The van der Waals surface area contributed by atoms with Gasteiger partial charge in [0.05, 0.1) is 17.1 Å². The summed E-state index contributed by atoms with van der Waals surface area (Å²) in [7, 11) is 0. The molecule has 0 aliphatic carbocycles. The Kier molecular flexibility index (Phi) is 2.96. The maximum atomic E-state index is 5.71. The van der Waals surface area contributed by atoms with E-state index in [1.807, 2.05) is 23.8 Å². The molecule has 2 aromatic heterocycles. The second kappa shape index (κ2) is 4.39. The molecule has 0 saturated carbocycles. The molecule has 0 saturated heterocycles. The summed E-state index contributed by atoms with van der Waals surface area (Å²) in [5.41, 5.74) is 1.81.